The fraction of sp³-hybridized carbons (Fsp3) is 0.333. The van der Waals surface area contributed by atoms with E-state index in [4.69, 9.17) is 4.52 Å². The first-order valence-electron chi connectivity index (χ1n) is 6.80. The van der Waals surface area contributed by atoms with Gasteiger partial charge in [-0.05, 0) is 31.9 Å². The number of urea groups is 1. The third-order valence-electron chi connectivity index (χ3n) is 3.53. The third-order valence-corrected chi connectivity index (χ3v) is 3.53. The summed E-state index contributed by atoms with van der Waals surface area (Å²) in [5.41, 5.74) is 1.64. The summed E-state index contributed by atoms with van der Waals surface area (Å²) in [6.45, 7) is 2.61. The first kappa shape index (κ1) is 12.7. The van der Waals surface area contributed by atoms with Crippen LogP contribution in [0, 0.1) is 6.92 Å². The molecular weight excluding hydrogens is 254 g/mol. The van der Waals surface area contributed by atoms with Crippen molar-refractivity contribution in [2.24, 2.45) is 0 Å². The minimum atomic E-state index is -0.0839. The largest absolute Gasteiger partial charge is 0.361 e. The molecule has 5 nitrogen and oxygen atoms in total. The first-order chi connectivity index (χ1) is 9.74. The fourth-order valence-electron chi connectivity index (χ4n) is 2.58. The van der Waals surface area contributed by atoms with Crippen LogP contribution in [0.3, 0.4) is 0 Å². The lowest BCUT2D eigenvalue weighted by Gasteiger charge is -2.23. The van der Waals surface area contributed by atoms with E-state index in [0.29, 0.717) is 0 Å². The number of hydrogen-bond acceptors (Lipinski definition) is 3. The molecule has 1 aliphatic heterocycles. The molecule has 1 saturated heterocycles. The van der Waals surface area contributed by atoms with Crippen molar-refractivity contribution in [3.8, 4) is 0 Å². The molecule has 1 N–H and O–H groups in total. The number of rotatable bonds is 2. The van der Waals surface area contributed by atoms with Crippen LogP contribution in [0.15, 0.2) is 40.9 Å². The smallest absolute Gasteiger partial charge is 0.322 e. The first-order valence-corrected chi connectivity index (χ1v) is 6.80. The summed E-state index contributed by atoms with van der Waals surface area (Å²) in [4.78, 5) is 14.2. The Kier molecular flexibility index (Phi) is 3.41. The fourth-order valence-corrected chi connectivity index (χ4v) is 2.58. The molecule has 1 aliphatic rings. The summed E-state index contributed by atoms with van der Waals surface area (Å²) in [5, 5.41) is 6.96. The lowest BCUT2D eigenvalue weighted by molar-refractivity contribution is 0.204. The van der Waals surface area contributed by atoms with Crippen LogP contribution in [0.25, 0.3) is 0 Å². The summed E-state index contributed by atoms with van der Waals surface area (Å²) < 4.78 is 5.11. The summed E-state index contributed by atoms with van der Waals surface area (Å²) in [6, 6.07) is 11.3. The number of anilines is 1. The zero-order valence-electron chi connectivity index (χ0n) is 11.4. The summed E-state index contributed by atoms with van der Waals surface area (Å²) >= 11 is 0. The van der Waals surface area contributed by atoms with E-state index in [1.165, 1.54) is 0 Å². The molecule has 1 fully saturated rings. The van der Waals surface area contributed by atoms with Crippen molar-refractivity contribution in [3.05, 3.63) is 47.9 Å². The van der Waals surface area contributed by atoms with Crippen LogP contribution in [-0.4, -0.2) is 22.6 Å². The number of likely N-dealkylation sites (tertiary alicyclic amines) is 1. The van der Waals surface area contributed by atoms with Crippen LogP contribution in [0.1, 0.15) is 30.3 Å². The maximum atomic E-state index is 12.4. The van der Waals surface area contributed by atoms with E-state index in [9.17, 15) is 4.79 Å². The molecule has 0 bridgehead atoms. The van der Waals surface area contributed by atoms with Gasteiger partial charge >= 0.3 is 6.03 Å². The van der Waals surface area contributed by atoms with Crippen LogP contribution in [0.2, 0.25) is 0 Å². The van der Waals surface area contributed by atoms with Gasteiger partial charge in [-0.25, -0.2) is 4.79 Å². The minimum Gasteiger partial charge on any atom is -0.361 e. The van der Waals surface area contributed by atoms with Crippen LogP contribution in [-0.2, 0) is 0 Å². The van der Waals surface area contributed by atoms with E-state index in [0.717, 1.165) is 36.5 Å². The van der Waals surface area contributed by atoms with Gasteiger partial charge in [0.15, 0.2) is 0 Å². The van der Waals surface area contributed by atoms with Crippen molar-refractivity contribution >= 4 is 11.7 Å². The van der Waals surface area contributed by atoms with Crippen molar-refractivity contribution < 1.29 is 9.32 Å². The molecule has 2 amide bonds. The Balaban J connectivity index is 1.73. The molecule has 2 aromatic rings. The summed E-state index contributed by atoms with van der Waals surface area (Å²) in [6.07, 6.45) is 1.91. The number of benzene rings is 1. The van der Waals surface area contributed by atoms with E-state index < -0.39 is 0 Å². The topological polar surface area (TPSA) is 58.4 Å². The Morgan fingerprint density at radius 1 is 1.40 bits per heavy atom. The van der Waals surface area contributed by atoms with Gasteiger partial charge in [-0.3, -0.25) is 0 Å². The molecule has 5 heteroatoms. The average molecular weight is 271 g/mol. The van der Waals surface area contributed by atoms with Crippen molar-refractivity contribution in [2.75, 3.05) is 11.9 Å². The predicted octanol–water partition coefficient (Wildman–Crippen LogP) is 3.35. The Hall–Kier alpha value is -2.30. The molecule has 2 heterocycles. The molecule has 0 spiro atoms. The summed E-state index contributed by atoms with van der Waals surface area (Å²) in [7, 11) is 0. The van der Waals surface area contributed by atoms with Crippen LogP contribution < -0.4 is 5.32 Å². The normalized spacial score (nSPS) is 18.2. The predicted molar refractivity (Wildman–Crippen MR) is 75.4 cm³/mol. The van der Waals surface area contributed by atoms with Gasteiger partial charge in [0, 0.05) is 18.3 Å². The molecule has 0 saturated carbocycles. The molecular formula is C15H17N3O2. The SMILES string of the molecule is Cc1cc(C2CCCN2C(=O)Nc2ccccc2)no1. The molecule has 1 atom stereocenters. The van der Waals surface area contributed by atoms with E-state index in [1.807, 2.05) is 48.2 Å². The highest BCUT2D eigenvalue weighted by Gasteiger charge is 2.32. The van der Waals surface area contributed by atoms with E-state index in [-0.39, 0.29) is 12.1 Å². The number of carbonyl (C=O) groups is 1. The molecule has 1 unspecified atom stereocenters. The van der Waals surface area contributed by atoms with Crippen LogP contribution in [0.5, 0.6) is 0 Å². The Morgan fingerprint density at radius 3 is 2.90 bits per heavy atom. The van der Waals surface area contributed by atoms with Gasteiger partial charge in [-0.1, -0.05) is 23.4 Å². The van der Waals surface area contributed by atoms with Gasteiger partial charge in [-0.15, -0.1) is 0 Å². The van der Waals surface area contributed by atoms with Crippen LogP contribution in [0.4, 0.5) is 10.5 Å². The number of para-hydroxylation sites is 1. The minimum absolute atomic E-state index is 0.0103. The van der Waals surface area contributed by atoms with E-state index >= 15 is 0 Å². The second kappa shape index (κ2) is 5.36. The molecule has 1 aromatic heterocycles. The number of hydrogen-bond donors (Lipinski definition) is 1. The molecule has 0 radical (unpaired) electrons. The highest BCUT2D eigenvalue weighted by atomic mass is 16.5. The molecule has 1 aromatic carbocycles. The quantitative estimate of drug-likeness (QED) is 0.911. The number of aromatic nitrogens is 1. The molecule has 104 valence electrons. The number of amides is 2. The van der Waals surface area contributed by atoms with Gasteiger partial charge in [0.05, 0.1) is 6.04 Å². The number of aryl methyl sites for hydroxylation is 1. The second-order valence-electron chi connectivity index (χ2n) is 5.01. The second-order valence-corrected chi connectivity index (χ2v) is 5.01. The number of nitrogens with one attached hydrogen (secondary N) is 1. The highest BCUT2D eigenvalue weighted by molar-refractivity contribution is 5.89. The third kappa shape index (κ3) is 2.52. The maximum Gasteiger partial charge on any atom is 0.322 e. The Morgan fingerprint density at radius 2 is 2.20 bits per heavy atom. The van der Waals surface area contributed by atoms with Crippen molar-refractivity contribution in [1.82, 2.24) is 10.1 Å². The monoisotopic (exact) mass is 271 g/mol. The van der Waals surface area contributed by atoms with Gasteiger partial charge in [0.25, 0.3) is 0 Å². The van der Waals surface area contributed by atoms with Gasteiger partial charge in [0.2, 0.25) is 0 Å². The van der Waals surface area contributed by atoms with Crippen molar-refractivity contribution in [2.45, 2.75) is 25.8 Å². The maximum absolute atomic E-state index is 12.4. The lowest BCUT2D eigenvalue weighted by atomic mass is 10.1. The van der Waals surface area contributed by atoms with Crippen molar-refractivity contribution in [1.29, 1.82) is 0 Å². The highest BCUT2D eigenvalue weighted by Crippen LogP contribution is 2.31. The molecule has 3 rings (SSSR count). The zero-order valence-corrected chi connectivity index (χ0v) is 11.4. The van der Waals surface area contributed by atoms with Gasteiger partial charge < -0.3 is 14.7 Å². The van der Waals surface area contributed by atoms with Crippen LogP contribution >= 0.6 is 0 Å². The van der Waals surface area contributed by atoms with E-state index in [1.54, 1.807) is 0 Å². The lowest BCUT2D eigenvalue weighted by Crippen LogP contribution is -2.34. The number of nitrogens with zero attached hydrogens (tertiary/aromatic N) is 2. The molecule has 20 heavy (non-hydrogen) atoms. The van der Waals surface area contributed by atoms with Gasteiger partial charge in [-0.2, -0.15) is 0 Å². The Bertz CT molecular complexity index is 594. The molecule has 0 aliphatic carbocycles. The summed E-state index contributed by atoms with van der Waals surface area (Å²) in [5.74, 6) is 0.773. The van der Waals surface area contributed by atoms with Crippen molar-refractivity contribution in [3.63, 3.8) is 0 Å². The standard InChI is InChI=1S/C15H17N3O2/c1-11-10-13(17-20-11)14-8-5-9-18(14)15(19)16-12-6-3-2-4-7-12/h2-4,6-7,10,14H,5,8-9H2,1H3,(H,16,19). The average Bonchev–Trinajstić information content (AvgIpc) is 3.08. The Labute approximate surface area is 117 Å². The van der Waals surface area contributed by atoms with E-state index in [2.05, 4.69) is 10.5 Å². The zero-order chi connectivity index (χ0) is 13.9. The van der Waals surface area contributed by atoms with Gasteiger partial charge in [0.1, 0.15) is 11.5 Å². The number of carbonyl (C=O) groups excluding carboxylic acids is 1.